The first-order valence-corrected chi connectivity index (χ1v) is 5.14. The molecule has 0 bridgehead atoms. The van der Waals surface area contributed by atoms with Crippen LogP contribution in [0.25, 0.3) is 0 Å². The molecule has 2 N–H and O–H groups in total. The lowest BCUT2D eigenvalue weighted by Crippen LogP contribution is -2.48. The minimum atomic E-state index is -0.697. The van der Waals surface area contributed by atoms with Crippen molar-refractivity contribution < 1.29 is 4.39 Å². The Bertz CT molecular complexity index is 334. The number of hydrogen-bond donors (Lipinski definition) is 1. The van der Waals surface area contributed by atoms with Crippen LogP contribution in [0.5, 0.6) is 0 Å². The van der Waals surface area contributed by atoms with Crippen molar-refractivity contribution in [3.63, 3.8) is 0 Å². The summed E-state index contributed by atoms with van der Waals surface area (Å²) in [6.07, 6.45) is 0.366. The molecule has 0 amide bonds. The molecule has 1 aliphatic carbocycles. The maximum absolute atomic E-state index is 12.9. The van der Waals surface area contributed by atoms with E-state index in [-0.39, 0.29) is 5.41 Å². The van der Waals surface area contributed by atoms with Gasteiger partial charge in [-0.15, -0.1) is 0 Å². The van der Waals surface area contributed by atoms with Gasteiger partial charge in [0.1, 0.15) is 6.17 Å². The lowest BCUT2D eigenvalue weighted by Gasteiger charge is -2.44. The molecule has 0 spiro atoms. The lowest BCUT2D eigenvalue weighted by molar-refractivity contribution is 0.0997. The molecule has 0 atom stereocenters. The first-order valence-electron chi connectivity index (χ1n) is 4.76. The Labute approximate surface area is 88.1 Å². The summed E-state index contributed by atoms with van der Waals surface area (Å²) < 4.78 is 12.9. The third-order valence-corrected chi connectivity index (χ3v) is 3.29. The van der Waals surface area contributed by atoms with Crippen LogP contribution in [0.1, 0.15) is 18.4 Å². The van der Waals surface area contributed by atoms with Gasteiger partial charge in [0.05, 0.1) is 0 Å². The quantitative estimate of drug-likeness (QED) is 0.803. The molecule has 0 saturated heterocycles. The van der Waals surface area contributed by atoms with Crippen LogP contribution >= 0.6 is 11.6 Å². The van der Waals surface area contributed by atoms with E-state index >= 15 is 0 Å². The Hall–Kier alpha value is -0.600. The van der Waals surface area contributed by atoms with Crippen LogP contribution in [-0.2, 0) is 5.41 Å². The molecule has 14 heavy (non-hydrogen) atoms. The van der Waals surface area contributed by atoms with Crippen LogP contribution in [0.3, 0.4) is 0 Å². The SMILES string of the molecule is NCC1(c2cccc(Cl)c2)CC(F)C1. The van der Waals surface area contributed by atoms with Gasteiger partial charge in [-0.1, -0.05) is 23.7 Å². The summed E-state index contributed by atoms with van der Waals surface area (Å²) in [6.45, 7) is 0.494. The van der Waals surface area contributed by atoms with E-state index in [0.29, 0.717) is 24.4 Å². The maximum Gasteiger partial charge on any atom is 0.102 e. The Morgan fingerprint density at radius 1 is 1.50 bits per heavy atom. The first-order chi connectivity index (χ1) is 6.66. The van der Waals surface area contributed by atoms with E-state index < -0.39 is 6.17 Å². The van der Waals surface area contributed by atoms with Crippen LogP contribution < -0.4 is 5.73 Å². The van der Waals surface area contributed by atoms with Gasteiger partial charge in [0, 0.05) is 17.0 Å². The van der Waals surface area contributed by atoms with Crippen molar-refractivity contribution in [2.75, 3.05) is 6.54 Å². The molecule has 1 saturated carbocycles. The van der Waals surface area contributed by atoms with E-state index in [9.17, 15) is 4.39 Å². The Morgan fingerprint density at radius 2 is 2.21 bits per heavy atom. The molecule has 3 heteroatoms. The van der Waals surface area contributed by atoms with Crippen molar-refractivity contribution in [2.24, 2.45) is 5.73 Å². The molecule has 1 aromatic carbocycles. The fourth-order valence-electron chi connectivity index (χ4n) is 2.13. The van der Waals surface area contributed by atoms with Crippen LogP contribution in [-0.4, -0.2) is 12.7 Å². The van der Waals surface area contributed by atoms with Crippen molar-refractivity contribution >= 4 is 11.6 Å². The molecule has 2 rings (SSSR count). The molecular formula is C11H13ClFN. The smallest absolute Gasteiger partial charge is 0.102 e. The normalized spacial score (nSPS) is 31.2. The van der Waals surface area contributed by atoms with Gasteiger partial charge in [-0.2, -0.15) is 0 Å². The predicted molar refractivity (Wildman–Crippen MR) is 56.3 cm³/mol. The second kappa shape index (κ2) is 3.52. The Morgan fingerprint density at radius 3 is 2.71 bits per heavy atom. The predicted octanol–water partition coefficient (Wildman–Crippen LogP) is 2.67. The molecule has 0 aliphatic heterocycles. The highest BCUT2D eigenvalue weighted by molar-refractivity contribution is 6.30. The van der Waals surface area contributed by atoms with Gasteiger partial charge < -0.3 is 5.73 Å². The minimum Gasteiger partial charge on any atom is -0.330 e. The first kappa shape index (κ1) is 9.94. The third kappa shape index (κ3) is 1.53. The summed E-state index contributed by atoms with van der Waals surface area (Å²) in [5, 5.41) is 0.692. The lowest BCUT2D eigenvalue weighted by atomic mass is 9.63. The number of halogens is 2. The standard InChI is InChI=1S/C11H13ClFN/c12-9-3-1-2-8(4-9)11(7-14)5-10(13)6-11/h1-4,10H,5-7,14H2. The van der Waals surface area contributed by atoms with E-state index in [2.05, 4.69) is 0 Å². The molecule has 76 valence electrons. The van der Waals surface area contributed by atoms with Crippen molar-refractivity contribution in [2.45, 2.75) is 24.4 Å². The Kier molecular flexibility index (Phi) is 2.50. The number of hydrogen-bond acceptors (Lipinski definition) is 1. The molecule has 1 fully saturated rings. The van der Waals surface area contributed by atoms with Gasteiger partial charge in [-0.05, 0) is 30.5 Å². The molecule has 0 heterocycles. The van der Waals surface area contributed by atoms with Crippen LogP contribution in [0.15, 0.2) is 24.3 Å². The van der Waals surface area contributed by atoms with E-state index in [1.807, 2.05) is 24.3 Å². The van der Waals surface area contributed by atoms with Gasteiger partial charge in [-0.25, -0.2) is 4.39 Å². The zero-order valence-corrected chi connectivity index (χ0v) is 8.60. The van der Waals surface area contributed by atoms with Crippen molar-refractivity contribution in [3.05, 3.63) is 34.9 Å². The highest BCUT2D eigenvalue weighted by Gasteiger charge is 2.44. The van der Waals surface area contributed by atoms with E-state index in [1.54, 1.807) is 0 Å². The summed E-state index contributed by atoms with van der Waals surface area (Å²) in [4.78, 5) is 0. The van der Waals surface area contributed by atoms with Gasteiger partial charge in [0.25, 0.3) is 0 Å². The summed E-state index contributed by atoms with van der Waals surface area (Å²) in [7, 11) is 0. The molecule has 0 radical (unpaired) electrons. The second-order valence-corrected chi connectivity index (χ2v) is 4.44. The maximum atomic E-state index is 12.9. The largest absolute Gasteiger partial charge is 0.330 e. The highest BCUT2D eigenvalue weighted by atomic mass is 35.5. The van der Waals surface area contributed by atoms with Crippen LogP contribution in [0.4, 0.5) is 4.39 Å². The zero-order chi connectivity index (χ0) is 10.2. The van der Waals surface area contributed by atoms with Crippen molar-refractivity contribution in [1.29, 1.82) is 0 Å². The van der Waals surface area contributed by atoms with Gasteiger partial charge in [0.15, 0.2) is 0 Å². The molecule has 1 aromatic rings. The van der Waals surface area contributed by atoms with Crippen molar-refractivity contribution in [1.82, 2.24) is 0 Å². The summed E-state index contributed by atoms with van der Waals surface area (Å²) in [5.41, 5.74) is 6.61. The fraction of sp³-hybridized carbons (Fsp3) is 0.455. The van der Waals surface area contributed by atoms with E-state index in [4.69, 9.17) is 17.3 Å². The highest BCUT2D eigenvalue weighted by Crippen LogP contribution is 2.45. The summed E-state index contributed by atoms with van der Waals surface area (Å²) >= 11 is 5.89. The molecule has 0 aromatic heterocycles. The summed E-state index contributed by atoms with van der Waals surface area (Å²) in [5.74, 6) is 0. The monoisotopic (exact) mass is 213 g/mol. The fourth-order valence-corrected chi connectivity index (χ4v) is 2.32. The summed E-state index contributed by atoms with van der Waals surface area (Å²) in [6, 6.07) is 7.58. The van der Waals surface area contributed by atoms with E-state index in [1.165, 1.54) is 0 Å². The second-order valence-electron chi connectivity index (χ2n) is 4.00. The molecule has 0 unspecified atom stereocenters. The van der Waals surface area contributed by atoms with Crippen LogP contribution in [0, 0.1) is 0 Å². The van der Waals surface area contributed by atoms with Gasteiger partial charge in [-0.3, -0.25) is 0 Å². The number of benzene rings is 1. The molecule has 1 aliphatic rings. The topological polar surface area (TPSA) is 26.0 Å². The number of nitrogens with two attached hydrogens (primary N) is 1. The average Bonchev–Trinajstić information content (AvgIpc) is 2.12. The van der Waals surface area contributed by atoms with E-state index in [0.717, 1.165) is 5.56 Å². The zero-order valence-electron chi connectivity index (χ0n) is 7.84. The molecule has 1 nitrogen and oxygen atoms in total. The third-order valence-electron chi connectivity index (χ3n) is 3.05. The number of rotatable bonds is 2. The minimum absolute atomic E-state index is 0.162. The van der Waals surface area contributed by atoms with Crippen LogP contribution in [0.2, 0.25) is 5.02 Å². The molecular weight excluding hydrogens is 201 g/mol. The average molecular weight is 214 g/mol. The van der Waals surface area contributed by atoms with Gasteiger partial charge >= 0.3 is 0 Å². The van der Waals surface area contributed by atoms with Gasteiger partial charge in [0.2, 0.25) is 0 Å². The number of alkyl halides is 1. The Balaban J connectivity index is 2.29. The van der Waals surface area contributed by atoms with Crippen molar-refractivity contribution in [3.8, 4) is 0 Å².